The van der Waals surface area contributed by atoms with E-state index in [4.69, 9.17) is 10.8 Å². The van der Waals surface area contributed by atoms with Crippen molar-refractivity contribution in [2.75, 3.05) is 44.3 Å². The number of rotatable bonds is 5. The molecule has 1 saturated carbocycles. The molecule has 1 aliphatic carbocycles. The van der Waals surface area contributed by atoms with Crippen LogP contribution in [0.4, 0.5) is 11.5 Å². The Balaban J connectivity index is 1.11. The number of benzene rings is 2. The van der Waals surface area contributed by atoms with Gasteiger partial charge in [0.1, 0.15) is 23.5 Å². The molecule has 1 amide bonds. The Hall–Kier alpha value is -4.28. The lowest BCUT2D eigenvalue weighted by molar-refractivity contribution is 0.0815. The summed E-state index contributed by atoms with van der Waals surface area (Å²) in [7, 11) is 4.12. The summed E-state index contributed by atoms with van der Waals surface area (Å²) in [6.07, 6.45) is 5.99. The average molecular weight is 564 g/mol. The number of hydrogen-bond donors (Lipinski definition) is 2. The van der Waals surface area contributed by atoms with Gasteiger partial charge in [0.2, 0.25) is 0 Å². The van der Waals surface area contributed by atoms with Crippen LogP contribution in [-0.2, 0) is 7.05 Å². The fourth-order valence-corrected chi connectivity index (χ4v) is 6.72. The van der Waals surface area contributed by atoms with Crippen molar-refractivity contribution in [2.24, 2.45) is 7.05 Å². The lowest BCUT2D eigenvalue weighted by atomic mass is 9.90. The Bertz CT molecular complexity index is 1740. The maximum absolute atomic E-state index is 13.1. The third kappa shape index (κ3) is 4.80. The number of likely N-dealkylation sites (N-methyl/N-ethyl adjacent to an activating group) is 1. The quantitative estimate of drug-likeness (QED) is 0.323. The highest BCUT2D eigenvalue weighted by Gasteiger charge is 2.30. The van der Waals surface area contributed by atoms with Gasteiger partial charge in [-0.1, -0.05) is 30.3 Å². The van der Waals surface area contributed by atoms with Crippen LogP contribution >= 0.6 is 0 Å². The van der Waals surface area contributed by atoms with Gasteiger partial charge in [0.25, 0.3) is 5.91 Å². The van der Waals surface area contributed by atoms with Gasteiger partial charge in [0.15, 0.2) is 5.65 Å². The van der Waals surface area contributed by atoms with Gasteiger partial charge in [0, 0.05) is 61.4 Å². The molecule has 1 saturated heterocycles. The molecule has 0 spiro atoms. The highest BCUT2D eigenvalue weighted by Crippen LogP contribution is 2.37. The second-order valence-electron chi connectivity index (χ2n) is 11.7. The van der Waals surface area contributed by atoms with Crippen molar-refractivity contribution in [1.82, 2.24) is 34.1 Å². The second-order valence-corrected chi connectivity index (χ2v) is 11.7. The van der Waals surface area contributed by atoms with Crippen molar-refractivity contribution in [3.63, 3.8) is 0 Å². The Labute approximate surface area is 245 Å². The van der Waals surface area contributed by atoms with Crippen LogP contribution in [0.3, 0.4) is 0 Å². The number of hydrogen-bond acceptors (Lipinski definition) is 7. The third-order valence-corrected chi connectivity index (χ3v) is 9.19. The number of nitrogens with one attached hydrogen (secondary N) is 1. The minimum Gasteiger partial charge on any atom is -0.383 e. The molecule has 7 rings (SSSR count). The number of nitrogen functional groups attached to an aromatic ring is 1. The molecule has 0 atom stereocenters. The molecule has 4 heterocycles. The molecule has 0 unspecified atom stereocenters. The van der Waals surface area contributed by atoms with Crippen LogP contribution in [0.2, 0.25) is 0 Å². The first kappa shape index (κ1) is 26.6. The van der Waals surface area contributed by atoms with Crippen molar-refractivity contribution in [2.45, 2.75) is 37.8 Å². The molecular formula is C32H37N9O. The molecule has 2 aromatic carbocycles. The van der Waals surface area contributed by atoms with E-state index in [1.807, 2.05) is 66.2 Å². The number of fused-ring (bicyclic) bond motifs is 2. The van der Waals surface area contributed by atoms with Crippen molar-refractivity contribution >= 4 is 39.3 Å². The number of nitrogens with zero attached hydrogens (tertiary/aromatic N) is 7. The van der Waals surface area contributed by atoms with Crippen molar-refractivity contribution in [3.8, 4) is 11.3 Å². The van der Waals surface area contributed by atoms with E-state index in [0.717, 1.165) is 85.1 Å². The largest absolute Gasteiger partial charge is 0.383 e. The van der Waals surface area contributed by atoms with E-state index in [9.17, 15) is 4.79 Å². The Morgan fingerprint density at radius 1 is 0.905 bits per heavy atom. The molecule has 0 bridgehead atoms. The molecule has 3 N–H and O–H groups in total. The number of carbonyl (C=O) groups excluding carboxylic acids is 1. The first-order chi connectivity index (χ1) is 20.5. The number of amides is 1. The van der Waals surface area contributed by atoms with Crippen LogP contribution < -0.4 is 11.1 Å². The lowest BCUT2D eigenvalue weighted by Gasteiger charge is -2.41. The van der Waals surface area contributed by atoms with Gasteiger partial charge < -0.3 is 20.5 Å². The van der Waals surface area contributed by atoms with Crippen molar-refractivity contribution in [1.29, 1.82) is 0 Å². The van der Waals surface area contributed by atoms with E-state index < -0.39 is 0 Å². The van der Waals surface area contributed by atoms with E-state index in [1.165, 1.54) is 6.33 Å². The van der Waals surface area contributed by atoms with Crippen LogP contribution in [0.1, 0.15) is 42.2 Å². The molecule has 2 aliphatic rings. The van der Waals surface area contributed by atoms with Crippen LogP contribution in [0, 0.1) is 0 Å². The zero-order chi connectivity index (χ0) is 28.8. The van der Waals surface area contributed by atoms with Crippen molar-refractivity contribution in [3.05, 3.63) is 66.6 Å². The molecule has 10 heteroatoms. The van der Waals surface area contributed by atoms with Crippen LogP contribution in [0.25, 0.3) is 33.2 Å². The predicted molar refractivity (Wildman–Crippen MR) is 166 cm³/mol. The van der Waals surface area contributed by atoms with E-state index in [-0.39, 0.29) is 11.9 Å². The van der Waals surface area contributed by atoms with E-state index in [1.54, 1.807) is 0 Å². The average Bonchev–Trinajstić information content (AvgIpc) is 3.57. The van der Waals surface area contributed by atoms with Gasteiger partial charge in [0.05, 0.1) is 11.4 Å². The zero-order valence-corrected chi connectivity index (χ0v) is 24.2. The summed E-state index contributed by atoms with van der Waals surface area (Å²) >= 11 is 0. The van der Waals surface area contributed by atoms with Gasteiger partial charge in [-0.25, -0.2) is 14.6 Å². The fourth-order valence-electron chi connectivity index (χ4n) is 6.72. The van der Waals surface area contributed by atoms with Crippen LogP contribution in [0.5, 0.6) is 0 Å². The summed E-state index contributed by atoms with van der Waals surface area (Å²) in [5.74, 6) is 0.279. The van der Waals surface area contributed by atoms with Gasteiger partial charge in [-0.3, -0.25) is 9.69 Å². The highest BCUT2D eigenvalue weighted by molar-refractivity contribution is 6.06. The molecule has 5 aromatic rings. The molecule has 1 aliphatic heterocycles. The smallest absolute Gasteiger partial charge is 0.272 e. The predicted octanol–water partition coefficient (Wildman–Crippen LogP) is 4.55. The molecule has 2 fully saturated rings. The highest BCUT2D eigenvalue weighted by atomic mass is 16.1. The number of carbonyl (C=O) groups is 1. The summed E-state index contributed by atoms with van der Waals surface area (Å²) in [5.41, 5.74) is 11.2. The first-order valence-corrected chi connectivity index (χ1v) is 14.8. The fraction of sp³-hybridized carbons (Fsp3) is 0.375. The van der Waals surface area contributed by atoms with E-state index in [2.05, 4.69) is 36.8 Å². The van der Waals surface area contributed by atoms with Crippen LogP contribution in [0.15, 0.2) is 60.9 Å². The SMILES string of the molecule is CN1CCN(C2CCC(n3nc(-c4ccc(NC(=O)c5cc6ccccc6n5C)cc4)c4c(N)ncnc43)CC2)CC1. The van der Waals surface area contributed by atoms with Gasteiger partial charge in [-0.05, 0) is 57.0 Å². The summed E-state index contributed by atoms with van der Waals surface area (Å²) in [5, 5.41) is 9.95. The minimum absolute atomic E-state index is 0.152. The summed E-state index contributed by atoms with van der Waals surface area (Å²) in [4.78, 5) is 27.1. The maximum atomic E-state index is 13.1. The number of aryl methyl sites for hydroxylation is 1. The summed E-state index contributed by atoms with van der Waals surface area (Å²) in [6, 6.07) is 18.6. The van der Waals surface area contributed by atoms with E-state index >= 15 is 0 Å². The Morgan fingerprint density at radius 2 is 1.62 bits per heavy atom. The molecule has 3 aromatic heterocycles. The second kappa shape index (κ2) is 10.8. The van der Waals surface area contributed by atoms with Crippen molar-refractivity contribution < 1.29 is 4.79 Å². The molecule has 42 heavy (non-hydrogen) atoms. The summed E-state index contributed by atoms with van der Waals surface area (Å²) < 4.78 is 4.00. The third-order valence-electron chi connectivity index (χ3n) is 9.19. The number of anilines is 2. The molecule has 10 nitrogen and oxygen atoms in total. The number of piperazine rings is 1. The number of para-hydroxylation sites is 1. The standard InChI is InChI=1S/C32H37N9O/c1-38-15-17-40(18-16-38)24-11-13-25(14-12-24)41-31-28(30(33)34-20-35-31)29(37-41)21-7-9-23(10-8-21)36-32(42)27-19-22-5-3-4-6-26(22)39(27)2/h3-10,19-20,24-25H,11-18H2,1-2H3,(H,36,42)(H2,33,34,35). The Kier molecular flexibility index (Phi) is 6.87. The molecule has 0 radical (unpaired) electrons. The zero-order valence-electron chi connectivity index (χ0n) is 24.2. The lowest BCUT2D eigenvalue weighted by Crippen LogP contribution is -2.49. The number of aromatic nitrogens is 5. The maximum Gasteiger partial charge on any atom is 0.272 e. The molecular weight excluding hydrogens is 526 g/mol. The molecule has 216 valence electrons. The Morgan fingerprint density at radius 3 is 2.36 bits per heavy atom. The number of nitrogens with two attached hydrogens (primary N) is 1. The monoisotopic (exact) mass is 563 g/mol. The van der Waals surface area contributed by atoms with Crippen LogP contribution in [-0.4, -0.2) is 79.3 Å². The van der Waals surface area contributed by atoms with Gasteiger partial charge >= 0.3 is 0 Å². The van der Waals surface area contributed by atoms with Gasteiger partial charge in [-0.15, -0.1) is 0 Å². The normalized spacial score (nSPS) is 20.3. The first-order valence-electron chi connectivity index (χ1n) is 14.8. The minimum atomic E-state index is -0.152. The van der Waals surface area contributed by atoms with E-state index in [0.29, 0.717) is 23.2 Å². The van der Waals surface area contributed by atoms with Gasteiger partial charge in [-0.2, -0.15) is 5.10 Å². The summed E-state index contributed by atoms with van der Waals surface area (Å²) in [6.45, 7) is 4.61. The topological polar surface area (TPSA) is 110 Å².